The fourth-order valence-electron chi connectivity index (χ4n) is 2.05. The first-order chi connectivity index (χ1) is 8.06. The third kappa shape index (κ3) is 1.53. The van der Waals surface area contributed by atoms with Crippen molar-refractivity contribution in [3.63, 3.8) is 0 Å². The van der Waals surface area contributed by atoms with Gasteiger partial charge in [-0.25, -0.2) is 0 Å². The number of rotatable bonds is 1. The summed E-state index contributed by atoms with van der Waals surface area (Å²) >= 11 is 24.6. The van der Waals surface area contributed by atoms with Gasteiger partial charge < -0.3 is 4.74 Å². The molecule has 1 heterocycles. The molecule has 0 aromatic heterocycles. The average Bonchev–Trinajstić information content (AvgIpc) is 3.10. The number of aryl methyl sites for hydroxylation is 1. The first-order valence-corrected chi connectivity index (χ1v) is 6.56. The van der Waals surface area contributed by atoms with E-state index in [-0.39, 0.29) is 5.02 Å². The molecule has 0 saturated carbocycles. The van der Waals surface area contributed by atoms with E-state index in [1.807, 2.05) is 13.0 Å². The van der Waals surface area contributed by atoms with Crippen LogP contribution in [0.15, 0.2) is 6.07 Å². The van der Waals surface area contributed by atoms with Crippen molar-refractivity contribution in [1.82, 2.24) is 0 Å². The van der Waals surface area contributed by atoms with E-state index in [9.17, 15) is 0 Å². The lowest BCUT2D eigenvalue weighted by atomic mass is 10.0. The summed E-state index contributed by atoms with van der Waals surface area (Å²) in [5, 5.41) is 3.06. The smallest absolute Gasteiger partial charge is 0.174 e. The second-order valence-electron chi connectivity index (χ2n) is 3.82. The van der Waals surface area contributed by atoms with Crippen molar-refractivity contribution in [2.24, 2.45) is 0 Å². The molecular formula is C12H6Cl4O. The van der Waals surface area contributed by atoms with E-state index in [1.54, 1.807) is 0 Å². The second-order valence-corrected chi connectivity index (χ2v) is 5.33. The van der Waals surface area contributed by atoms with E-state index < -0.39 is 0 Å². The van der Waals surface area contributed by atoms with Crippen LogP contribution in [0.2, 0.25) is 20.1 Å². The Hall–Kier alpha value is -0.340. The van der Waals surface area contributed by atoms with E-state index in [0.29, 0.717) is 15.1 Å². The van der Waals surface area contributed by atoms with Gasteiger partial charge in [-0.05, 0) is 12.5 Å². The average molecular weight is 308 g/mol. The van der Waals surface area contributed by atoms with E-state index in [0.717, 1.165) is 34.3 Å². The zero-order chi connectivity index (χ0) is 12.3. The predicted octanol–water partition coefficient (Wildman–Crippen LogP) is 6.12. The summed E-state index contributed by atoms with van der Waals surface area (Å²) < 4.78 is 5.39. The Morgan fingerprint density at radius 1 is 1.00 bits per heavy atom. The van der Waals surface area contributed by atoms with Gasteiger partial charge in [0.15, 0.2) is 11.5 Å². The molecule has 0 fully saturated rings. The summed E-state index contributed by atoms with van der Waals surface area (Å²) in [6.07, 6.45) is 0.799. The molecule has 0 saturated heterocycles. The molecule has 0 aliphatic carbocycles. The van der Waals surface area contributed by atoms with Crippen molar-refractivity contribution < 1.29 is 4.74 Å². The minimum atomic E-state index is 0.286. The van der Waals surface area contributed by atoms with Crippen LogP contribution in [0.5, 0.6) is 11.5 Å². The van der Waals surface area contributed by atoms with Gasteiger partial charge in [-0.1, -0.05) is 53.3 Å². The summed E-state index contributed by atoms with van der Waals surface area (Å²) in [4.78, 5) is 0. The highest BCUT2D eigenvalue weighted by Gasteiger charge is 2.29. The molecule has 1 nitrogen and oxygen atoms in total. The Morgan fingerprint density at radius 3 is 2.29 bits per heavy atom. The molecule has 2 aromatic rings. The third-order valence-corrected chi connectivity index (χ3v) is 4.72. The second kappa shape index (κ2) is 3.83. The molecule has 3 rings (SSSR count). The summed E-state index contributed by atoms with van der Waals surface area (Å²) in [5.41, 5.74) is 1.03. The molecule has 0 amide bonds. The van der Waals surface area contributed by atoms with Crippen molar-refractivity contribution >= 4 is 57.2 Å². The normalized spacial score (nSPS) is 12.5. The van der Waals surface area contributed by atoms with Crippen molar-refractivity contribution in [3.8, 4) is 11.5 Å². The summed E-state index contributed by atoms with van der Waals surface area (Å²) in [5.74, 6) is 1.72. The predicted molar refractivity (Wildman–Crippen MR) is 73.4 cm³/mol. The van der Waals surface area contributed by atoms with E-state index in [2.05, 4.69) is 0 Å². The maximum absolute atomic E-state index is 6.25. The molecule has 5 heteroatoms. The molecular weight excluding hydrogens is 302 g/mol. The molecule has 0 N–H and O–H groups in total. The SMILES string of the molecule is CCc1c2c(cc3c(Cl)c(Cl)c(Cl)c(Cl)c13)O2. The van der Waals surface area contributed by atoms with Crippen LogP contribution in [0.25, 0.3) is 10.8 Å². The van der Waals surface area contributed by atoms with Crippen LogP contribution in [0.3, 0.4) is 0 Å². The Labute approximate surface area is 118 Å². The van der Waals surface area contributed by atoms with Crippen molar-refractivity contribution in [2.75, 3.05) is 0 Å². The Morgan fingerprint density at radius 2 is 1.65 bits per heavy atom. The van der Waals surface area contributed by atoms with Gasteiger partial charge in [-0.3, -0.25) is 0 Å². The quantitative estimate of drug-likeness (QED) is 0.300. The number of benzene rings is 2. The summed E-state index contributed by atoms with van der Waals surface area (Å²) in [6.45, 7) is 2.03. The molecule has 1 aliphatic rings. The Bertz CT molecular complexity index is 664. The number of fused-ring (bicyclic) bond motifs is 2. The van der Waals surface area contributed by atoms with Gasteiger partial charge in [0.2, 0.25) is 0 Å². The Balaban J connectivity index is 2.56. The number of ether oxygens (including phenoxy) is 1. The van der Waals surface area contributed by atoms with Gasteiger partial charge >= 0.3 is 0 Å². The molecule has 0 atom stereocenters. The first-order valence-electron chi connectivity index (χ1n) is 5.05. The number of halogens is 4. The Kier molecular flexibility index (Phi) is 2.64. The van der Waals surface area contributed by atoms with Crippen LogP contribution in [0.1, 0.15) is 12.5 Å². The zero-order valence-electron chi connectivity index (χ0n) is 8.70. The van der Waals surface area contributed by atoms with Gasteiger partial charge in [0.1, 0.15) is 0 Å². The topological polar surface area (TPSA) is 12.5 Å². The maximum atomic E-state index is 6.25. The summed E-state index contributed by atoms with van der Waals surface area (Å²) in [7, 11) is 0. The van der Waals surface area contributed by atoms with Crippen LogP contribution in [-0.2, 0) is 6.42 Å². The number of hydrogen-bond acceptors (Lipinski definition) is 1. The number of hydrogen-bond donors (Lipinski definition) is 0. The van der Waals surface area contributed by atoms with E-state index in [1.165, 1.54) is 0 Å². The van der Waals surface area contributed by atoms with Gasteiger partial charge in [-0.15, -0.1) is 0 Å². The molecule has 0 radical (unpaired) electrons. The highest BCUT2D eigenvalue weighted by Crippen LogP contribution is 2.55. The maximum Gasteiger partial charge on any atom is 0.174 e. The zero-order valence-corrected chi connectivity index (χ0v) is 11.7. The molecule has 88 valence electrons. The lowest BCUT2D eigenvalue weighted by Gasteiger charge is -2.09. The molecule has 0 bridgehead atoms. The van der Waals surface area contributed by atoms with Crippen LogP contribution in [0.4, 0.5) is 0 Å². The van der Waals surface area contributed by atoms with Crippen molar-refractivity contribution in [3.05, 3.63) is 31.7 Å². The van der Waals surface area contributed by atoms with Crippen molar-refractivity contribution in [2.45, 2.75) is 13.3 Å². The summed E-state index contributed by atoms with van der Waals surface area (Å²) in [6, 6.07) is 1.85. The largest absolute Gasteiger partial charge is 0.449 e. The first kappa shape index (κ1) is 11.7. The standard InChI is InChI=1S/C12H6Cl4O/c1-2-4-7-5(3-6-12(4)17-6)8(13)10(15)11(16)9(7)14/h3H,2H2,1H3. The lowest BCUT2D eigenvalue weighted by Crippen LogP contribution is -1.85. The molecule has 2 aromatic carbocycles. The van der Waals surface area contributed by atoms with E-state index in [4.69, 9.17) is 51.1 Å². The molecule has 1 aliphatic heterocycles. The minimum absolute atomic E-state index is 0.286. The molecule has 0 spiro atoms. The highest BCUT2D eigenvalue weighted by molar-refractivity contribution is 6.55. The van der Waals surface area contributed by atoms with Gasteiger partial charge in [-0.2, -0.15) is 0 Å². The van der Waals surface area contributed by atoms with Gasteiger partial charge in [0, 0.05) is 16.3 Å². The third-order valence-electron chi connectivity index (χ3n) is 2.90. The van der Waals surface area contributed by atoms with Gasteiger partial charge in [0.05, 0.1) is 20.1 Å². The van der Waals surface area contributed by atoms with Crippen LogP contribution < -0.4 is 4.74 Å². The fraction of sp³-hybridized carbons (Fsp3) is 0.167. The van der Waals surface area contributed by atoms with Crippen LogP contribution in [-0.4, -0.2) is 0 Å². The minimum Gasteiger partial charge on any atom is -0.449 e. The fourth-order valence-corrected chi connectivity index (χ4v) is 3.09. The monoisotopic (exact) mass is 306 g/mol. The van der Waals surface area contributed by atoms with Crippen LogP contribution >= 0.6 is 46.4 Å². The van der Waals surface area contributed by atoms with Gasteiger partial charge in [0.25, 0.3) is 0 Å². The lowest BCUT2D eigenvalue weighted by molar-refractivity contribution is 0.645. The molecule has 0 unspecified atom stereocenters. The van der Waals surface area contributed by atoms with Crippen molar-refractivity contribution in [1.29, 1.82) is 0 Å². The molecule has 17 heavy (non-hydrogen) atoms. The highest BCUT2D eigenvalue weighted by atomic mass is 35.5. The van der Waals surface area contributed by atoms with E-state index >= 15 is 0 Å². The van der Waals surface area contributed by atoms with Crippen LogP contribution in [0, 0.1) is 0 Å².